The molecule has 0 bridgehead atoms. The van der Waals surface area contributed by atoms with E-state index in [1.807, 2.05) is 44.2 Å². The predicted octanol–water partition coefficient (Wildman–Crippen LogP) is 4.69. The van der Waals surface area contributed by atoms with Crippen molar-refractivity contribution in [3.05, 3.63) is 64.8 Å². The Balaban J connectivity index is 1.76. The Hall–Kier alpha value is -2.79. The SMILES string of the molecule is CCOc1ccc(-c2cc(C(=O)Nc3cccc(Cl)c3C)[nH]n2)cc1. The smallest absolute Gasteiger partial charge is 0.273 e. The predicted molar refractivity (Wildman–Crippen MR) is 99.3 cm³/mol. The molecule has 3 rings (SSSR count). The number of hydrogen-bond acceptors (Lipinski definition) is 3. The first kappa shape index (κ1) is 17.0. The average molecular weight is 356 g/mol. The minimum absolute atomic E-state index is 0.268. The van der Waals surface area contributed by atoms with Crippen molar-refractivity contribution in [1.29, 1.82) is 0 Å². The van der Waals surface area contributed by atoms with Crippen molar-refractivity contribution in [2.75, 3.05) is 11.9 Å². The summed E-state index contributed by atoms with van der Waals surface area (Å²) in [5.41, 5.74) is 3.47. The number of aromatic amines is 1. The van der Waals surface area contributed by atoms with Gasteiger partial charge >= 0.3 is 0 Å². The monoisotopic (exact) mass is 355 g/mol. The van der Waals surface area contributed by atoms with E-state index in [2.05, 4.69) is 15.5 Å². The quantitative estimate of drug-likeness (QED) is 0.697. The number of nitrogens with zero attached hydrogens (tertiary/aromatic N) is 1. The third-order valence-electron chi connectivity index (χ3n) is 3.80. The van der Waals surface area contributed by atoms with E-state index in [0.717, 1.165) is 16.9 Å². The summed E-state index contributed by atoms with van der Waals surface area (Å²) in [6.07, 6.45) is 0. The second kappa shape index (κ2) is 7.40. The maximum Gasteiger partial charge on any atom is 0.273 e. The molecule has 0 fully saturated rings. The summed E-state index contributed by atoms with van der Waals surface area (Å²) in [5, 5.41) is 10.4. The summed E-state index contributed by atoms with van der Waals surface area (Å²) in [7, 11) is 0. The van der Waals surface area contributed by atoms with Crippen molar-refractivity contribution in [2.45, 2.75) is 13.8 Å². The van der Waals surface area contributed by atoms with Gasteiger partial charge in [-0.2, -0.15) is 5.10 Å². The number of aromatic nitrogens is 2. The molecule has 0 aliphatic rings. The highest BCUT2D eigenvalue weighted by atomic mass is 35.5. The van der Waals surface area contributed by atoms with Crippen molar-refractivity contribution < 1.29 is 9.53 Å². The normalized spacial score (nSPS) is 10.5. The van der Waals surface area contributed by atoms with Gasteiger partial charge in [0.05, 0.1) is 12.3 Å². The Morgan fingerprint density at radius 3 is 2.72 bits per heavy atom. The second-order valence-corrected chi connectivity index (χ2v) is 5.90. The zero-order chi connectivity index (χ0) is 17.8. The zero-order valence-electron chi connectivity index (χ0n) is 14.0. The van der Waals surface area contributed by atoms with Gasteiger partial charge in [0.15, 0.2) is 0 Å². The Morgan fingerprint density at radius 1 is 1.24 bits per heavy atom. The fourth-order valence-corrected chi connectivity index (χ4v) is 2.58. The summed E-state index contributed by atoms with van der Waals surface area (Å²) in [6, 6.07) is 14.7. The molecule has 25 heavy (non-hydrogen) atoms. The number of carbonyl (C=O) groups excluding carboxylic acids is 1. The lowest BCUT2D eigenvalue weighted by Gasteiger charge is -2.08. The molecule has 0 radical (unpaired) electrons. The highest BCUT2D eigenvalue weighted by molar-refractivity contribution is 6.31. The molecule has 1 aromatic heterocycles. The van der Waals surface area contributed by atoms with Crippen LogP contribution in [0.15, 0.2) is 48.5 Å². The molecule has 0 saturated heterocycles. The lowest BCUT2D eigenvalue weighted by atomic mass is 10.1. The first-order valence-electron chi connectivity index (χ1n) is 7.93. The van der Waals surface area contributed by atoms with Crippen LogP contribution in [0.3, 0.4) is 0 Å². The van der Waals surface area contributed by atoms with Crippen LogP contribution in [0.4, 0.5) is 5.69 Å². The Labute approximate surface area is 151 Å². The molecule has 3 aromatic rings. The lowest BCUT2D eigenvalue weighted by Crippen LogP contribution is -2.13. The van der Waals surface area contributed by atoms with E-state index < -0.39 is 0 Å². The molecule has 0 atom stereocenters. The molecule has 0 saturated carbocycles. The highest BCUT2D eigenvalue weighted by Gasteiger charge is 2.13. The van der Waals surface area contributed by atoms with Gasteiger partial charge in [-0.25, -0.2) is 0 Å². The number of carbonyl (C=O) groups is 1. The summed E-state index contributed by atoms with van der Waals surface area (Å²) in [5.74, 6) is 0.534. The number of ether oxygens (including phenoxy) is 1. The number of H-pyrrole nitrogens is 1. The van der Waals surface area contributed by atoms with Gasteiger partial charge < -0.3 is 10.1 Å². The minimum Gasteiger partial charge on any atom is -0.494 e. The molecule has 0 aliphatic heterocycles. The first-order chi connectivity index (χ1) is 12.1. The lowest BCUT2D eigenvalue weighted by molar-refractivity contribution is 0.102. The maximum absolute atomic E-state index is 12.4. The van der Waals surface area contributed by atoms with Crippen LogP contribution in [-0.4, -0.2) is 22.7 Å². The highest BCUT2D eigenvalue weighted by Crippen LogP contribution is 2.24. The molecule has 6 heteroatoms. The molecule has 2 aromatic carbocycles. The van der Waals surface area contributed by atoms with Gasteiger partial charge in [-0.15, -0.1) is 0 Å². The van der Waals surface area contributed by atoms with Crippen LogP contribution >= 0.6 is 11.6 Å². The molecule has 128 valence electrons. The number of benzene rings is 2. The Kier molecular flexibility index (Phi) is 5.05. The molecule has 0 aliphatic carbocycles. The Bertz CT molecular complexity index is 888. The van der Waals surface area contributed by atoms with Crippen molar-refractivity contribution in [3.63, 3.8) is 0 Å². The van der Waals surface area contributed by atoms with Crippen LogP contribution in [0, 0.1) is 6.92 Å². The average Bonchev–Trinajstić information content (AvgIpc) is 3.10. The number of amides is 1. The van der Waals surface area contributed by atoms with Crippen LogP contribution in [0.2, 0.25) is 5.02 Å². The Morgan fingerprint density at radius 2 is 2.00 bits per heavy atom. The molecular formula is C19H18ClN3O2. The molecule has 1 amide bonds. The minimum atomic E-state index is -0.268. The number of nitrogens with one attached hydrogen (secondary N) is 2. The topological polar surface area (TPSA) is 67.0 Å². The van der Waals surface area contributed by atoms with Gasteiger partial charge in [0.25, 0.3) is 5.91 Å². The van der Waals surface area contributed by atoms with Crippen molar-refractivity contribution in [2.24, 2.45) is 0 Å². The summed E-state index contributed by atoms with van der Waals surface area (Å²) < 4.78 is 5.42. The molecule has 0 unspecified atom stereocenters. The molecule has 0 spiro atoms. The summed E-state index contributed by atoms with van der Waals surface area (Å²) in [4.78, 5) is 12.4. The van der Waals surface area contributed by atoms with Crippen molar-refractivity contribution in [1.82, 2.24) is 10.2 Å². The third-order valence-corrected chi connectivity index (χ3v) is 4.21. The largest absolute Gasteiger partial charge is 0.494 e. The van der Waals surface area contributed by atoms with Gasteiger partial charge in [-0.1, -0.05) is 17.7 Å². The standard InChI is InChI=1S/C19H18ClN3O2/c1-3-25-14-9-7-13(8-10-14)17-11-18(23-22-17)19(24)21-16-6-4-5-15(20)12(16)2/h4-11H,3H2,1-2H3,(H,21,24)(H,22,23). The van der Waals surface area contributed by atoms with Gasteiger partial charge in [0, 0.05) is 16.3 Å². The van der Waals surface area contributed by atoms with Crippen molar-refractivity contribution >= 4 is 23.2 Å². The molecule has 1 heterocycles. The van der Waals surface area contributed by atoms with E-state index in [4.69, 9.17) is 16.3 Å². The number of halogens is 1. The number of hydrogen-bond donors (Lipinski definition) is 2. The molecule has 2 N–H and O–H groups in total. The van der Waals surface area contributed by atoms with Crippen LogP contribution in [0.5, 0.6) is 5.75 Å². The van der Waals surface area contributed by atoms with Gasteiger partial charge in [-0.3, -0.25) is 9.89 Å². The van der Waals surface area contributed by atoms with E-state index in [1.165, 1.54) is 0 Å². The van der Waals surface area contributed by atoms with Crippen LogP contribution in [0.25, 0.3) is 11.3 Å². The second-order valence-electron chi connectivity index (χ2n) is 5.49. The molecular weight excluding hydrogens is 338 g/mol. The first-order valence-corrected chi connectivity index (χ1v) is 8.31. The fourth-order valence-electron chi connectivity index (χ4n) is 2.41. The van der Waals surface area contributed by atoms with Crippen LogP contribution in [-0.2, 0) is 0 Å². The maximum atomic E-state index is 12.4. The zero-order valence-corrected chi connectivity index (χ0v) is 14.7. The van der Waals surface area contributed by atoms with Gasteiger partial charge in [0.2, 0.25) is 0 Å². The summed E-state index contributed by atoms with van der Waals surface area (Å²) in [6.45, 7) is 4.42. The van der Waals surface area contributed by atoms with Gasteiger partial charge in [0.1, 0.15) is 11.4 Å². The van der Waals surface area contributed by atoms with E-state index in [0.29, 0.717) is 28.7 Å². The van der Waals surface area contributed by atoms with Crippen LogP contribution < -0.4 is 10.1 Å². The van der Waals surface area contributed by atoms with Crippen LogP contribution in [0.1, 0.15) is 23.0 Å². The fraction of sp³-hybridized carbons (Fsp3) is 0.158. The van der Waals surface area contributed by atoms with Gasteiger partial charge in [-0.05, 0) is 61.9 Å². The summed E-state index contributed by atoms with van der Waals surface area (Å²) >= 11 is 6.08. The van der Waals surface area contributed by atoms with Crippen molar-refractivity contribution in [3.8, 4) is 17.0 Å². The van der Waals surface area contributed by atoms with E-state index >= 15 is 0 Å². The van der Waals surface area contributed by atoms with E-state index in [9.17, 15) is 4.79 Å². The van der Waals surface area contributed by atoms with E-state index in [-0.39, 0.29) is 5.91 Å². The molecule has 5 nitrogen and oxygen atoms in total. The third kappa shape index (κ3) is 3.83. The number of anilines is 1. The van der Waals surface area contributed by atoms with E-state index in [1.54, 1.807) is 18.2 Å². The number of rotatable bonds is 5.